The number of nitrogens with one attached hydrogen (secondary N) is 2. The van der Waals surface area contributed by atoms with E-state index in [0.717, 1.165) is 33.4 Å². The first kappa shape index (κ1) is 19.6. The average molecular weight is 447 g/mol. The third-order valence-electron chi connectivity index (χ3n) is 5.29. The standard InChI is InChI=1S/C24H19ClN4OS/c25-16-7-5-14(6-8-16)19-10-9-18-21(26)22(31-24(18)29-19)23(30)27-12-11-15-13-28-20-4-2-1-3-17(15)20/h1-10,13,28H,11-12,26H2,(H,27,30). The summed E-state index contributed by atoms with van der Waals surface area (Å²) >= 11 is 7.29. The number of amides is 1. The molecule has 3 aromatic heterocycles. The molecule has 0 saturated heterocycles. The van der Waals surface area contributed by atoms with Crippen LogP contribution in [-0.4, -0.2) is 22.4 Å². The lowest BCUT2D eigenvalue weighted by Crippen LogP contribution is -2.25. The first-order valence-electron chi connectivity index (χ1n) is 9.88. The minimum atomic E-state index is -0.173. The average Bonchev–Trinajstić information content (AvgIpc) is 3.35. The van der Waals surface area contributed by atoms with E-state index in [4.69, 9.17) is 22.3 Å². The summed E-state index contributed by atoms with van der Waals surface area (Å²) in [6, 6.07) is 19.5. The van der Waals surface area contributed by atoms with Crippen molar-refractivity contribution in [2.75, 3.05) is 12.3 Å². The number of H-pyrrole nitrogens is 1. The van der Waals surface area contributed by atoms with Crippen LogP contribution < -0.4 is 11.1 Å². The van der Waals surface area contributed by atoms with Gasteiger partial charge in [0, 0.05) is 39.6 Å². The van der Waals surface area contributed by atoms with Gasteiger partial charge in [-0.3, -0.25) is 4.79 Å². The summed E-state index contributed by atoms with van der Waals surface area (Å²) in [6.07, 6.45) is 2.73. The van der Waals surface area contributed by atoms with E-state index >= 15 is 0 Å². The Bertz CT molecular complexity index is 1400. The quantitative estimate of drug-likeness (QED) is 0.326. The van der Waals surface area contributed by atoms with Crippen LogP contribution in [0, 0.1) is 0 Å². The molecule has 0 spiro atoms. The fraction of sp³-hybridized carbons (Fsp3) is 0.0833. The van der Waals surface area contributed by atoms with Crippen molar-refractivity contribution in [2.24, 2.45) is 0 Å². The zero-order valence-electron chi connectivity index (χ0n) is 16.5. The predicted molar refractivity (Wildman–Crippen MR) is 129 cm³/mol. The highest BCUT2D eigenvalue weighted by Gasteiger charge is 2.18. The molecule has 2 aromatic carbocycles. The molecule has 0 aliphatic heterocycles. The Balaban J connectivity index is 1.33. The van der Waals surface area contributed by atoms with Crippen LogP contribution in [0.2, 0.25) is 5.02 Å². The maximum absolute atomic E-state index is 12.8. The van der Waals surface area contributed by atoms with E-state index in [0.29, 0.717) is 22.1 Å². The molecule has 0 unspecified atom stereocenters. The monoisotopic (exact) mass is 446 g/mol. The number of benzene rings is 2. The van der Waals surface area contributed by atoms with Crippen molar-refractivity contribution < 1.29 is 4.79 Å². The van der Waals surface area contributed by atoms with Gasteiger partial charge in [0.2, 0.25) is 0 Å². The predicted octanol–water partition coefficient (Wildman–Crippen LogP) is 5.65. The number of hydrogen-bond donors (Lipinski definition) is 3. The topological polar surface area (TPSA) is 83.8 Å². The number of thiophene rings is 1. The van der Waals surface area contributed by atoms with Crippen molar-refractivity contribution in [2.45, 2.75) is 6.42 Å². The van der Waals surface area contributed by atoms with Crippen molar-refractivity contribution in [3.8, 4) is 11.3 Å². The van der Waals surface area contributed by atoms with Crippen molar-refractivity contribution in [3.63, 3.8) is 0 Å². The molecule has 0 saturated carbocycles. The minimum Gasteiger partial charge on any atom is -0.397 e. The van der Waals surface area contributed by atoms with E-state index in [-0.39, 0.29) is 5.91 Å². The maximum Gasteiger partial charge on any atom is 0.263 e. The Morgan fingerprint density at radius 3 is 2.71 bits per heavy atom. The minimum absolute atomic E-state index is 0.173. The Morgan fingerprint density at radius 1 is 1.06 bits per heavy atom. The smallest absolute Gasteiger partial charge is 0.263 e. The summed E-state index contributed by atoms with van der Waals surface area (Å²) in [7, 11) is 0. The number of anilines is 1. The zero-order valence-corrected chi connectivity index (χ0v) is 18.1. The molecule has 0 atom stereocenters. The Labute approximate surface area is 187 Å². The number of halogens is 1. The molecule has 1 amide bonds. The summed E-state index contributed by atoms with van der Waals surface area (Å²) in [4.78, 5) is 22.0. The number of fused-ring (bicyclic) bond motifs is 2. The van der Waals surface area contributed by atoms with E-state index in [1.165, 1.54) is 22.3 Å². The van der Waals surface area contributed by atoms with Crippen LogP contribution in [0.1, 0.15) is 15.2 Å². The maximum atomic E-state index is 12.8. The van der Waals surface area contributed by atoms with E-state index in [9.17, 15) is 4.79 Å². The number of para-hydroxylation sites is 1. The fourth-order valence-electron chi connectivity index (χ4n) is 3.68. The fourth-order valence-corrected chi connectivity index (χ4v) is 4.81. The van der Waals surface area contributed by atoms with Gasteiger partial charge in [0.15, 0.2) is 0 Å². The van der Waals surface area contributed by atoms with Crippen LogP contribution in [0.5, 0.6) is 0 Å². The first-order chi connectivity index (χ1) is 15.1. The molecule has 154 valence electrons. The number of nitrogen functional groups attached to an aromatic ring is 1. The van der Waals surface area contributed by atoms with Gasteiger partial charge in [0.1, 0.15) is 9.71 Å². The van der Waals surface area contributed by atoms with E-state index in [1.54, 1.807) is 0 Å². The number of carbonyl (C=O) groups excluding carboxylic acids is 1. The van der Waals surface area contributed by atoms with Crippen molar-refractivity contribution in [1.82, 2.24) is 15.3 Å². The highest BCUT2D eigenvalue weighted by atomic mass is 35.5. The van der Waals surface area contributed by atoms with Gasteiger partial charge in [-0.05, 0) is 42.3 Å². The van der Waals surface area contributed by atoms with Gasteiger partial charge in [-0.25, -0.2) is 4.98 Å². The molecule has 0 aliphatic carbocycles. The lowest BCUT2D eigenvalue weighted by atomic mass is 10.1. The number of aromatic nitrogens is 2. The van der Waals surface area contributed by atoms with Crippen LogP contribution >= 0.6 is 22.9 Å². The second-order valence-corrected chi connectivity index (χ2v) is 8.70. The second kappa shape index (κ2) is 8.06. The molecule has 5 rings (SSSR count). The first-order valence-corrected chi connectivity index (χ1v) is 11.1. The number of nitrogens with zero attached hydrogens (tertiary/aromatic N) is 1. The van der Waals surface area contributed by atoms with Gasteiger partial charge >= 0.3 is 0 Å². The molecule has 0 fully saturated rings. The number of rotatable bonds is 5. The molecule has 3 heterocycles. The number of nitrogens with two attached hydrogens (primary N) is 1. The molecule has 0 radical (unpaired) electrons. The Morgan fingerprint density at radius 2 is 1.87 bits per heavy atom. The summed E-state index contributed by atoms with van der Waals surface area (Å²) in [5.74, 6) is -0.173. The molecule has 7 heteroatoms. The van der Waals surface area contributed by atoms with E-state index in [1.807, 2.05) is 60.8 Å². The van der Waals surface area contributed by atoms with Gasteiger partial charge < -0.3 is 16.0 Å². The molecule has 31 heavy (non-hydrogen) atoms. The van der Waals surface area contributed by atoms with Gasteiger partial charge in [-0.2, -0.15) is 0 Å². The summed E-state index contributed by atoms with van der Waals surface area (Å²) < 4.78 is 0. The van der Waals surface area contributed by atoms with E-state index < -0.39 is 0 Å². The number of aromatic amines is 1. The number of carbonyl (C=O) groups is 1. The Kier molecular flexibility index (Phi) is 5.10. The molecule has 0 aliphatic rings. The third-order valence-corrected chi connectivity index (χ3v) is 6.66. The largest absolute Gasteiger partial charge is 0.397 e. The molecule has 5 nitrogen and oxygen atoms in total. The molecule has 5 aromatic rings. The Hall–Kier alpha value is -3.35. The number of hydrogen-bond acceptors (Lipinski definition) is 4. The van der Waals surface area contributed by atoms with Crippen molar-refractivity contribution in [1.29, 1.82) is 0 Å². The van der Waals surface area contributed by atoms with Crippen LogP contribution in [0.3, 0.4) is 0 Å². The highest BCUT2D eigenvalue weighted by Crippen LogP contribution is 2.34. The van der Waals surface area contributed by atoms with Gasteiger partial charge in [-0.15, -0.1) is 11.3 Å². The van der Waals surface area contributed by atoms with E-state index in [2.05, 4.69) is 16.4 Å². The third kappa shape index (κ3) is 3.76. The lowest BCUT2D eigenvalue weighted by molar-refractivity contribution is 0.0959. The lowest BCUT2D eigenvalue weighted by Gasteiger charge is -2.04. The highest BCUT2D eigenvalue weighted by molar-refractivity contribution is 7.21. The summed E-state index contributed by atoms with van der Waals surface area (Å²) in [5, 5.41) is 5.64. The SMILES string of the molecule is Nc1c(C(=O)NCCc2c[nH]c3ccccc23)sc2nc(-c3ccc(Cl)cc3)ccc12. The molecular formula is C24H19ClN4OS. The van der Waals surface area contributed by atoms with Gasteiger partial charge in [0.25, 0.3) is 5.91 Å². The second-order valence-electron chi connectivity index (χ2n) is 7.27. The van der Waals surface area contributed by atoms with Crippen molar-refractivity contribution >= 4 is 55.7 Å². The molecular weight excluding hydrogens is 428 g/mol. The summed E-state index contributed by atoms with van der Waals surface area (Å²) in [6.45, 7) is 0.526. The van der Waals surface area contributed by atoms with Crippen LogP contribution in [0.25, 0.3) is 32.4 Å². The van der Waals surface area contributed by atoms with Gasteiger partial charge in [0.05, 0.1) is 11.4 Å². The number of pyridine rings is 1. The van der Waals surface area contributed by atoms with Crippen LogP contribution in [0.15, 0.2) is 66.9 Å². The summed E-state index contributed by atoms with van der Waals surface area (Å²) in [5.41, 5.74) is 10.8. The van der Waals surface area contributed by atoms with Crippen LogP contribution in [0.4, 0.5) is 5.69 Å². The molecule has 0 bridgehead atoms. The molecule has 4 N–H and O–H groups in total. The van der Waals surface area contributed by atoms with Crippen molar-refractivity contribution in [3.05, 3.63) is 82.3 Å². The van der Waals surface area contributed by atoms with Crippen LogP contribution in [-0.2, 0) is 6.42 Å². The van der Waals surface area contributed by atoms with Gasteiger partial charge in [-0.1, -0.05) is 41.9 Å². The zero-order chi connectivity index (χ0) is 21.4. The normalized spacial score (nSPS) is 11.3.